The number of nitrogens with one attached hydrogen (secondary N) is 2. The lowest BCUT2D eigenvalue weighted by Gasteiger charge is -2.09. The normalized spacial score (nSPS) is 10.0. The fourth-order valence-electron chi connectivity index (χ4n) is 1.64. The van der Waals surface area contributed by atoms with Gasteiger partial charge in [-0.25, -0.2) is 4.79 Å². The van der Waals surface area contributed by atoms with Crippen molar-refractivity contribution in [2.45, 2.75) is 19.8 Å². The summed E-state index contributed by atoms with van der Waals surface area (Å²) in [6, 6.07) is 5.36. The summed E-state index contributed by atoms with van der Waals surface area (Å²) in [5, 5.41) is 5.74. The molecule has 0 heterocycles. The van der Waals surface area contributed by atoms with Gasteiger partial charge >= 0.3 is 6.09 Å². The Morgan fingerprint density at radius 3 is 2.70 bits per heavy atom. The van der Waals surface area contributed by atoms with Crippen LogP contribution in [0.1, 0.15) is 19.8 Å². The predicted molar refractivity (Wildman–Crippen MR) is 91.9 cm³/mol. The third-order valence-corrected chi connectivity index (χ3v) is 3.48. The molecular formula is C15H20BrClN2O4. The van der Waals surface area contributed by atoms with Crippen molar-refractivity contribution in [3.05, 3.63) is 27.7 Å². The maximum absolute atomic E-state index is 11.6. The molecule has 1 rings (SSSR count). The summed E-state index contributed by atoms with van der Waals surface area (Å²) in [5.74, 6) is 0.495. The van der Waals surface area contributed by atoms with Crippen LogP contribution in [0.4, 0.5) is 4.79 Å². The van der Waals surface area contributed by atoms with Gasteiger partial charge in [0.25, 0.3) is 0 Å². The van der Waals surface area contributed by atoms with E-state index in [4.69, 9.17) is 21.1 Å². The molecule has 0 unspecified atom stereocenters. The number of hydrogen-bond donors (Lipinski definition) is 2. The minimum atomic E-state index is -0.485. The van der Waals surface area contributed by atoms with Crippen LogP contribution in [0.25, 0.3) is 0 Å². The molecule has 0 bridgehead atoms. The second kappa shape index (κ2) is 11.1. The highest BCUT2D eigenvalue weighted by atomic mass is 79.9. The molecule has 0 spiro atoms. The van der Waals surface area contributed by atoms with E-state index in [0.717, 1.165) is 4.47 Å². The van der Waals surface area contributed by atoms with Crippen LogP contribution in [0, 0.1) is 0 Å². The van der Waals surface area contributed by atoms with Gasteiger partial charge in [0.05, 0.1) is 18.2 Å². The van der Waals surface area contributed by atoms with Crippen LogP contribution in [-0.2, 0) is 9.53 Å². The molecule has 2 amide bonds. The molecule has 0 fully saturated rings. The lowest BCUT2D eigenvalue weighted by Crippen LogP contribution is -2.35. The molecule has 128 valence electrons. The van der Waals surface area contributed by atoms with Gasteiger partial charge in [-0.2, -0.15) is 0 Å². The van der Waals surface area contributed by atoms with Crippen molar-refractivity contribution in [1.29, 1.82) is 0 Å². The lowest BCUT2D eigenvalue weighted by atomic mass is 10.3. The Kier molecular flexibility index (Phi) is 9.47. The quantitative estimate of drug-likeness (QED) is 0.617. The molecular weight excluding hydrogens is 388 g/mol. The van der Waals surface area contributed by atoms with Gasteiger partial charge < -0.3 is 20.1 Å². The Morgan fingerprint density at radius 2 is 2.00 bits per heavy atom. The summed E-state index contributed by atoms with van der Waals surface area (Å²) < 4.78 is 11.1. The third-order valence-electron chi connectivity index (χ3n) is 2.69. The summed E-state index contributed by atoms with van der Waals surface area (Å²) in [7, 11) is 0. The van der Waals surface area contributed by atoms with Crippen LogP contribution in [0.2, 0.25) is 5.02 Å². The number of rotatable bonds is 9. The monoisotopic (exact) mass is 406 g/mol. The molecule has 0 aliphatic rings. The highest BCUT2D eigenvalue weighted by Gasteiger charge is 2.05. The summed E-state index contributed by atoms with van der Waals surface area (Å²) in [6.45, 7) is 3.13. The molecule has 0 saturated heterocycles. The SMILES string of the molecule is CCOC(=O)NCCNC(=O)CCCOc1ccc(Br)cc1Cl. The molecule has 1 aromatic carbocycles. The highest BCUT2D eigenvalue weighted by Crippen LogP contribution is 2.27. The largest absolute Gasteiger partial charge is 0.492 e. The van der Waals surface area contributed by atoms with Gasteiger partial charge in [0.1, 0.15) is 5.75 Å². The van der Waals surface area contributed by atoms with E-state index in [0.29, 0.717) is 49.9 Å². The average molecular weight is 408 g/mol. The second-order valence-electron chi connectivity index (χ2n) is 4.52. The standard InChI is InChI=1S/C15H20BrClN2O4/c1-2-22-15(21)19-8-7-18-14(20)4-3-9-23-13-6-5-11(16)10-12(13)17/h5-6,10H,2-4,7-9H2,1H3,(H,18,20)(H,19,21). The van der Waals surface area contributed by atoms with Gasteiger partial charge in [0, 0.05) is 24.0 Å². The predicted octanol–water partition coefficient (Wildman–Crippen LogP) is 3.12. The number of alkyl carbamates (subject to hydrolysis) is 1. The van der Waals surface area contributed by atoms with Gasteiger partial charge in [-0.1, -0.05) is 27.5 Å². The van der Waals surface area contributed by atoms with Crippen LogP contribution in [0.3, 0.4) is 0 Å². The topological polar surface area (TPSA) is 76.7 Å². The van der Waals surface area contributed by atoms with Crippen molar-refractivity contribution >= 4 is 39.5 Å². The molecule has 23 heavy (non-hydrogen) atoms. The molecule has 0 atom stereocenters. The first-order valence-corrected chi connectivity index (χ1v) is 8.45. The molecule has 0 aliphatic heterocycles. The van der Waals surface area contributed by atoms with E-state index in [2.05, 4.69) is 26.6 Å². The number of amides is 2. The van der Waals surface area contributed by atoms with Crippen molar-refractivity contribution in [3.63, 3.8) is 0 Å². The van der Waals surface area contributed by atoms with Crippen LogP contribution >= 0.6 is 27.5 Å². The van der Waals surface area contributed by atoms with E-state index < -0.39 is 6.09 Å². The van der Waals surface area contributed by atoms with E-state index in [1.54, 1.807) is 19.1 Å². The first-order valence-electron chi connectivity index (χ1n) is 7.28. The average Bonchev–Trinajstić information content (AvgIpc) is 2.50. The van der Waals surface area contributed by atoms with E-state index in [-0.39, 0.29) is 5.91 Å². The molecule has 0 radical (unpaired) electrons. The van der Waals surface area contributed by atoms with Crippen molar-refractivity contribution in [1.82, 2.24) is 10.6 Å². The van der Waals surface area contributed by atoms with Gasteiger partial charge in [0.2, 0.25) is 5.91 Å². The second-order valence-corrected chi connectivity index (χ2v) is 5.85. The van der Waals surface area contributed by atoms with E-state index in [1.807, 2.05) is 6.07 Å². The minimum absolute atomic E-state index is 0.0961. The zero-order valence-corrected chi connectivity index (χ0v) is 15.2. The first-order chi connectivity index (χ1) is 11.0. The Labute approximate surface area is 149 Å². The smallest absolute Gasteiger partial charge is 0.407 e. The summed E-state index contributed by atoms with van der Waals surface area (Å²) in [4.78, 5) is 22.6. The van der Waals surface area contributed by atoms with Gasteiger partial charge in [-0.05, 0) is 31.5 Å². The maximum Gasteiger partial charge on any atom is 0.407 e. The van der Waals surface area contributed by atoms with Crippen LogP contribution in [0.15, 0.2) is 22.7 Å². The minimum Gasteiger partial charge on any atom is -0.492 e. The number of carbonyl (C=O) groups excluding carboxylic acids is 2. The maximum atomic E-state index is 11.6. The summed E-state index contributed by atoms with van der Waals surface area (Å²) in [6.07, 6.45) is 0.429. The molecule has 0 saturated carbocycles. The van der Waals surface area contributed by atoms with Gasteiger partial charge in [0.15, 0.2) is 0 Å². The highest BCUT2D eigenvalue weighted by molar-refractivity contribution is 9.10. The zero-order valence-electron chi connectivity index (χ0n) is 12.9. The molecule has 8 heteroatoms. The lowest BCUT2D eigenvalue weighted by molar-refractivity contribution is -0.121. The number of hydrogen-bond acceptors (Lipinski definition) is 4. The molecule has 6 nitrogen and oxygen atoms in total. The molecule has 2 N–H and O–H groups in total. The number of halogens is 2. The summed E-state index contributed by atoms with van der Waals surface area (Å²) in [5.41, 5.74) is 0. The fourth-order valence-corrected chi connectivity index (χ4v) is 2.37. The Balaban J connectivity index is 2.09. The number of carbonyl (C=O) groups is 2. The van der Waals surface area contributed by atoms with E-state index >= 15 is 0 Å². The Hall–Kier alpha value is -1.47. The van der Waals surface area contributed by atoms with Crippen molar-refractivity contribution in [3.8, 4) is 5.75 Å². The molecule has 1 aromatic rings. The van der Waals surface area contributed by atoms with Crippen molar-refractivity contribution in [2.24, 2.45) is 0 Å². The fraction of sp³-hybridized carbons (Fsp3) is 0.467. The van der Waals surface area contributed by atoms with Crippen molar-refractivity contribution < 1.29 is 19.1 Å². The first kappa shape index (κ1) is 19.6. The Bertz CT molecular complexity index is 528. The van der Waals surface area contributed by atoms with Crippen LogP contribution in [-0.4, -0.2) is 38.3 Å². The molecule has 0 aromatic heterocycles. The Morgan fingerprint density at radius 1 is 1.26 bits per heavy atom. The molecule has 0 aliphatic carbocycles. The number of benzene rings is 1. The van der Waals surface area contributed by atoms with Crippen LogP contribution < -0.4 is 15.4 Å². The summed E-state index contributed by atoms with van der Waals surface area (Å²) >= 11 is 9.34. The van der Waals surface area contributed by atoms with E-state index in [9.17, 15) is 9.59 Å². The zero-order chi connectivity index (χ0) is 17.1. The van der Waals surface area contributed by atoms with Gasteiger partial charge in [-0.15, -0.1) is 0 Å². The van der Waals surface area contributed by atoms with Gasteiger partial charge in [-0.3, -0.25) is 4.79 Å². The van der Waals surface area contributed by atoms with E-state index in [1.165, 1.54) is 0 Å². The van der Waals surface area contributed by atoms with Crippen molar-refractivity contribution in [2.75, 3.05) is 26.3 Å². The van der Waals surface area contributed by atoms with Crippen LogP contribution in [0.5, 0.6) is 5.75 Å². The number of ether oxygens (including phenoxy) is 2. The third kappa shape index (κ3) is 8.66.